The van der Waals surface area contributed by atoms with Crippen LogP contribution in [0, 0.1) is 5.92 Å². The maximum absolute atomic E-state index is 11.6. The van der Waals surface area contributed by atoms with E-state index in [0.717, 1.165) is 50.0 Å². The largest absolute Gasteiger partial charge is 0.497 e. The Morgan fingerprint density at radius 3 is 2.00 bits per heavy atom. The molecule has 0 amide bonds. The first kappa shape index (κ1) is 35.7. The second-order valence-electron chi connectivity index (χ2n) is 9.25. The average molecular weight is 614 g/mol. The lowest BCUT2D eigenvalue weighted by Gasteiger charge is -2.14. The van der Waals surface area contributed by atoms with E-state index < -0.39 is 24.0 Å². The number of nitrogens with two attached hydrogens (primary N) is 1. The zero-order chi connectivity index (χ0) is 30.8. The number of hydrogen-bond acceptors (Lipinski definition) is 7. The molecule has 2 unspecified atom stereocenters. The van der Waals surface area contributed by atoms with E-state index in [1.165, 1.54) is 0 Å². The van der Waals surface area contributed by atoms with E-state index in [0.29, 0.717) is 52.8 Å². The van der Waals surface area contributed by atoms with Crippen molar-refractivity contribution >= 4 is 46.8 Å². The summed E-state index contributed by atoms with van der Waals surface area (Å²) < 4.78 is 5.15. The van der Waals surface area contributed by atoms with Crippen molar-refractivity contribution in [1.82, 2.24) is 5.32 Å². The molecular formula is C29H38Cl2N2O8. The SMILES string of the molecule is COc1ccc(CCC(CCCCCCNCC(O)c2cc(Cl)c(N)c(Cl)c2)C(=O)O)cc1.O=C(O)C=CC(=O)O. The fraction of sp³-hybridized carbons (Fsp3) is 0.414. The molecule has 0 aliphatic carbocycles. The molecule has 226 valence electrons. The van der Waals surface area contributed by atoms with Crippen molar-refractivity contribution in [3.8, 4) is 5.75 Å². The first-order valence-corrected chi connectivity index (χ1v) is 13.8. The fourth-order valence-corrected chi connectivity index (χ4v) is 4.32. The first-order chi connectivity index (χ1) is 19.4. The fourth-order valence-electron chi connectivity index (χ4n) is 3.81. The van der Waals surface area contributed by atoms with Gasteiger partial charge >= 0.3 is 17.9 Å². The predicted octanol–water partition coefficient (Wildman–Crippen LogP) is 5.20. The van der Waals surface area contributed by atoms with Crippen LogP contribution < -0.4 is 15.8 Å². The Kier molecular flexibility index (Phi) is 17.2. The van der Waals surface area contributed by atoms with Gasteiger partial charge in [0.15, 0.2) is 0 Å². The molecule has 0 saturated heterocycles. The zero-order valence-electron chi connectivity index (χ0n) is 22.9. The summed E-state index contributed by atoms with van der Waals surface area (Å²) in [5.74, 6) is -2.75. The lowest BCUT2D eigenvalue weighted by atomic mass is 9.94. The molecule has 0 aromatic heterocycles. The molecule has 2 aromatic carbocycles. The van der Waals surface area contributed by atoms with Crippen LogP contribution >= 0.6 is 23.2 Å². The molecular weight excluding hydrogens is 575 g/mol. The van der Waals surface area contributed by atoms with Gasteiger partial charge in [-0.2, -0.15) is 0 Å². The topological polar surface area (TPSA) is 179 Å². The smallest absolute Gasteiger partial charge is 0.328 e. The molecule has 0 saturated carbocycles. The second-order valence-corrected chi connectivity index (χ2v) is 10.1. The molecule has 12 heteroatoms. The van der Waals surface area contributed by atoms with E-state index in [-0.39, 0.29) is 5.92 Å². The van der Waals surface area contributed by atoms with Gasteiger partial charge < -0.3 is 36.2 Å². The highest BCUT2D eigenvalue weighted by Gasteiger charge is 2.17. The summed E-state index contributed by atoms with van der Waals surface area (Å²) in [6, 6.07) is 11.0. The number of aliphatic hydroxyl groups is 1. The van der Waals surface area contributed by atoms with E-state index in [4.69, 9.17) is 43.9 Å². The lowest BCUT2D eigenvalue weighted by molar-refractivity contribution is -0.142. The molecule has 0 aliphatic heterocycles. The monoisotopic (exact) mass is 612 g/mol. The number of hydrogen-bond donors (Lipinski definition) is 6. The van der Waals surface area contributed by atoms with Crippen LogP contribution in [0.5, 0.6) is 5.75 Å². The highest BCUT2D eigenvalue weighted by Crippen LogP contribution is 2.31. The number of anilines is 1. The molecule has 0 bridgehead atoms. The molecule has 10 nitrogen and oxygen atoms in total. The number of nitrogen functional groups attached to an aromatic ring is 1. The summed E-state index contributed by atoms with van der Waals surface area (Å²) in [4.78, 5) is 30.7. The van der Waals surface area contributed by atoms with Crippen LogP contribution in [0.15, 0.2) is 48.6 Å². The molecule has 2 rings (SSSR count). The van der Waals surface area contributed by atoms with Gasteiger partial charge in [0.2, 0.25) is 0 Å². The summed E-state index contributed by atoms with van der Waals surface area (Å²) in [6.45, 7) is 1.16. The minimum absolute atomic E-state index is 0.313. The van der Waals surface area contributed by atoms with Gasteiger partial charge in [-0.15, -0.1) is 0 Å². The van der Waals surface area contributed by atoms with Crippen molar-refractivity contribution in [2.75, 3.05) is 25.9 Å². The van der Waals surface area contributed by atoms with Gasteiger partial charge in [0, 0.05) is 18.7 Å². The lowest BCUT2D eigenvalue weighted by Crippen LogP contribution is -2.22. The number of unbranched alkanes of at least 4 members (excludes halogenated alkanes) is 3. The number of aliphatic hydroxyl groups excluding tert-OH is 1. The molecule has 41 heavy (non-hydrogen) atoms. The van der Waals surface area contributed by atoms with Crippen molar-refractivity contribution in [1.29, 1.82) is 0 Å². The number of aliphatic carboxylic acids is 3. The number of carboxylic acids is 3. The Morgan fingerprint density at radius 1 is 0.927 bits per heavy atom. The van der Waals surface area contributed by atoms with Crippen molar-refractivity contribution in [2.24, 2.45) is 5.92 Å². The highest BCUT2D eigenvalue weighted by molar-refractivity contribution is 6.38. The maximum Gasteiger partial charge on any atom is 0.328 e. The molecule has 0 fully saturated rings. The van der Waals surface area contributed by atoms with Gasteiger partial charge in [-0.05, 0) is 67.6 Å². The zero-order valence-corrected chi connectivity index (χ0v) is 24.4. The number of carbonyl (C=O) groups is 3. The molecule has 2 aromatic rings. The number of carboxylic acid groups (broad SMARTS) is 3. The molecule has 0 spiro atoms. The number of nitrogens with one attached hydrogen (secondary N) is 1. The molecule has 0 radical (unpaired) electrons. The van der Waals surface area contributed by atoms with E-state index in [2.05, 4.69) is 5.32 Å². The number of rotatable bonds is 17. The normalized spacial score (nSPS) is 12.3. The Bertz CT molecular complexity index is 1100. The number of benzene rings is 2. The van der Waals surface area contributed by atoms with Crippen LogP contribution in [-0.4, -0.2) is 58.5 Å². The predicted molar refractivity (Wildman–Crippen MR) is 159 cm³/mol. The quantitative estimate of drug-likeness (QED) is 0.0789. The Balaban J connectivity index is 0.000000915. The molecule has 7 N–H and O–H groups in total. The van der Waals surface area contributed by atoms with Crippen LogP contribution in [-0.2, 0) is 20.8 Å². The van der Waals surface area contributed by atoms with Crippen LogP contribution in [0.1, 0.15) is 55.8 Å². The Morgan fingerprint density at radius 2 is 1.49 bits per heavy atom. The van der Waals surface area contributed by atoms with Crippen LogP contribution in [0.3, 0.4) is 0 Å². The van der Waals surface area contributed by atoms with Gasteiger partial charge in [0.05, 0.1) is 34.9 Å². The van der Waals surface area contributed by atoms with E-state index in [9.17, 15) is 24.6 Å². The van der Waals surface area contributed by atoms with Crippen LogP contribution in [0.25, 0.3) is 0 Å². The summed E-state index contributed by atoms with van der Waals surface area (Å²) >= 11 is 12.0. The average Bonchev–Trinajstić information content (AvgIpc) is 2.93. The van der Waals surface area contributed by atoms with Gasteiger partial charge in [0.1, 0.15) is 5.75 Å². The van der Waals surface area contributed by atoms with E-state index in [1.54, 1.807) is 19.2 Å². The molecule has 0 aliphatic rings. The minimum Gasteiger partial charge on any atom is -0.497 e. The highest BCUT2D eigenvalue weighted by atomic mass is 35.5. The number of methoxy groups -OCH3 is 1. The summed E-state index contributed by atoms with van der Waals surface area (Å²) in [5.41, 5.74) is 7.78. The number of halogens is 2. The van der Waals surface area contributed by atoms with E-state index in [1.807, 2.05) is 24.3 Å². The Labute approximate surface area is 249 Å². The van der Waals surface area contributed by atoms with Crippen molar-refractivity contribution in [2.45, 2.75) is 51.0 Å². The van der Waals surface area contributed by atoms with E-state index >= 15 is 0 Å². The third kappa shape index (κ3) is 15.3. The number of aryl methyl sites for hydroxylation is 1. The van der Waals surface area contributed by atoms with Crippen LogP contribution in [0.2, 0.25) is 10.0 Å². The van der Waals surface area contributed by atoms with Gasteiger partial charge in [-0.25, -0.2) is 9.59 Å². The summed E-state index contributed by atoms with van der Waals surface area (Å²) in [5, 5.41) is 39.3. The first-order valence-electron chi connectivity index (χ1n) is 13.1. The van der Waals surface area contributed by atoms with Gasteiger partial charge in [-0.3, -0.25) is 4.79 Å². The minimum atomic E-state index is -1.26. The van der Waals surface area contributed by atoms with Gasteiger partial charge in [-0.1, -0.05) is 54.6 Å². The Hall–Kier alpha value is -3.31. The van der Waals surface area contributed by atoms with Crippen LogP contribution in [0.4, 0.5) is 5.69 Å². The second kappa shape index (κ2) is 19.7. The molecule has 0 heterocycles. The van der Waals surface area contributed by atoms with Crippen molar-refractivity contribution in [3.63, 3.8) is 0 Å². The van der Waals surface area contributed by atoms with Crippen molar-refractivity contribution in [3.05, 3.63) is 69.7 Å². The summed E-state index contributed by atoms with van der Waals surface area (Å²) in [7, 11) is 1.63. The number of ether oxygens (including phenoxy) is 1. The van der Waals surface area contributed by atoms with Crippen molar-refractivity contribution < 1.29 is 39.5 Å². The maximum atomic E-state index is 11.6. The third-order valence-corrected chi connectivity index (χ3v) is 6.76. The summed E-state index contributed by atoms with van der Waals surface area (Å²) in [6.07, 6.45) is 6.32. The van der Waals surface area contributed by atoms with Gasteiger partial charge in [0.25, 0.3) is 0 Å². The molecule has 2 atom stereocenters. The standard InChI is InChI=1S/C25H34Cl2N2O4.C4H4O4/c1-33-20-11-8-17(9-12-20)7-10-18(25(31)32)6-4-2-3-5-13-29-16-23(30)19-14-21(26)24(28)22(27)15-19;5-3(6)1-2-4(7)8/h8-9,11-12,14-15,18,23,29-30H,2-7,10,13,16,28H2,1H3,(H,31,32);1-2H,(H,5,6)(H,7,8). The third-order valence-electron chi connectivity index (χ3n) is 6.14.